The second-order valence-corrected chi connectivity index (χ2v) is 6.23. The molecule has 0 amide bonds. The Morgan fingerprint density at radius 2 is 2.10 bits per heavy atom. The first-order valence-corrected chi connectivity index (χ1v) is 7.90. The van der Waals surface area contributed by atoms with Gasteiger partial charge >= 0.3 is 0 Å². The molecule has 1 aromatic carbocycles. The van der Waals surface area contributed by atoms with Crippen molar-refractivity contribution in [2.45, 2.75) is 23.8 Å². The molecule has 6 heteroatoms. The topological polar surface area (TPSA) is 75.6 Å². The van der Waals surface area contributed by atoms with E-state index in [9.17, 15) is 8.42 Å². The van der Waals surface area contributed by atoms with Gasteiger partial charge in [-0.1, -0.05) is 11.8 Å². The lowest BCUT2D eigenvalue weighted by molar-refractivity contribution is 0.0774. The summed E-state index contributed by atoms with van der Waals surface area (Å²) in [6.45, 7) is 0.888. The van der Waals surface area contributed by atoms with Gasteiger partial charge in [0.2, 0.25) is 10.0 Å². The van der Waals surface area contributed by atoms with Crippen molar-refractivity contribution in [1.29, 1.82) is 0 Å². The molecule has 0 spiro atoms. The summed E-state index contributed by atoms with van der Waals surface area (Å²) >= 11 is 0. The van der Waals surface area contributed by atoms with E-state index in [-0.39, 0.29) is 17.5 Å². The first-order chi connectivity index (χ1) is 9.62. The number of rotatable bonds is 3. The quantitative estimate of drug-likeness (QED) is 0.796. The number of hydrogen-bond donors (Lipinski definition) is 2. The molecule has 1 unspecified atom stereocenters. The summed E-state index contributed by atoms with van der Waals surface area (Å²) in [5, 5.41) is 8.60. The van der Waals surface area contributed by atoms with E-state index < -0.39 is 10.0 Å². The van der Waals surface area contributed by atoms with E-state index in [1.807, 2.05) is 0 Å². The lowest BCUT2D eigenvalue weighted by Crippen LogP contribution is -2.40. The van der Waals surface area contributed by atoms with E-state index in [1.165, 1.54) is 12.1 Å². The van der Waals surface area contributed by atoms with Crippen LogP contribution in [0, 0.1) is 11.8 Å². The molecule has 2 N–H and O–H groups in total. The average molecular weight is 295 g/mol. The van der Waals surface area contributed by atoms with Crippen molar-refractivity contribution in [3.63, 3.8) is 0 Å². The normalized spacial score (nSPS) is 19.1. The molecular weight excluding hydrogens is 278 g/mol. The summed E-state index contributed by atoms with van der Waals surface area (Å²) in [5.41, 5.74) is 0.666. The Morgan fingerprint density at radius 3 is 2.70 bits per heavy atom. The molecule has 20 heavy (non-hydrogen) atoms. The van der Waals surface area contributed by atoms with Gasteiger partial charge in [0.05, 0.1) is 11.5 Å². The monoisotopic (exact) mass is 295 g/mol. The fraction of sp³-hybridized carbons (Fsp3) is 0.429. The molecule has 1 saturated heterocycles. The van der Waals surface area contributed by atoms with E-state index >= 15 is 0 Å². The molecule has 1 fully saturated rings. The van der Waals surface area contributed by atoms with Crippen LogP contribution in [-0.4, -0.2) is 39.4 Å². The molecule has 1 aliphatic heterocycles. The molecule has 0 aliphatic carbocycles. The van der Waals surface area contributed by atoms with Crippen LogP contribution in [0.15, 0.2) is 29.2 Å². The molecule has 5 nitrogen and oxygen atoms in total. The molecule has 1 aromatic rings. The van der Waals surface area contributed by atoms with Crippen molar-refractivity contribution >= 4 is 10.0 Å². The van der Waals surface area contributed by atoms with Gasteiger partial charge in [-0.15, -0.1) is 0 Å². The van der Waals surface area contributed by atoms with Crippen molar-refractivity contribution in [3.8, 4) is 11.8 Å². The molecule has 2 rings (SSSR count). The van der Waals surface area contributed by atoms with Gasteiger partial charge in [-0.25, -0.2) is 13.1 Å². The summed E-state index contributed by atoms with van der Waals surface area (Å²) in [6, 6.07) is 6.09. The second-order valence-electron chi connectivity index (χ2n) is 4.52. The number of aliphatic hydroxyl groups is 1. The van der Waals surface area contributed by atoms with Gasteiger partial charge in [0.25, 0.3) is 0 Å². The third kappa shape index (κ3) is 4.05. The van der Waals surface area contributed by atoms with E-state index in [2.05, 4.69) is 16.6 Å². The Balaban J connectivity index is 2.08. The first kappa shape index (κ1) is 15.0. The molecule has 0 radical (unpaired) electrons. The predicted molar refractivity (Wildman–Crippen MR) is 74.6 cm³/mol. The zero-order valence-electron chi connectivity index (χ0n) is 11.0. The zero-order valence-corrected chi connectivity index (χ0v) is 11.8. The minimum atomic E-state index is -3.52. The van der Waals surface area contributed by atoms with Crippen LogP contribution in [-0.2, 0) is 14.8 Å². The number of hydrogen-bond acceptors (Lipinski definition) is 4. The number of sulfonamides is 1. The maximum atomic E-state index is 12.2. The van der Waals surface area contributed by atoms with Crippen molar-refractivity contribution in [2.75, 3.05) is 19.8 Å². The van der Waals surface area contributed by atoms with Crippen LogP contribution >= 0.6 is 0 Å². The van der Waals surface area contributed by atoms with E-state index in [0.29, 0.717) is 18.8 Å². The molecule has 1 heterocycles. The van der Waals surface area contributed by atoms with Gasteiger partial charge < -0.3 is 9.84 Å². The largest absolute Gasteiger partial charge is 0.384 e. The van der Waals surface area contributed by atoms with Gasteiger partial charge in [0, 0.05) is 18.2 Å². The van der Waals surface area contributed by atoms with Crippen LogP contribution in [0.25, 0.3) is 0 Å². The molecule has 0 saturated carbocycles. The fourth-order valence-electron chi connectivity index (χ4n) is 1.98. The van der Waals surface area contributed by atoms with Gasteiger partial charge in [0.1, 0.15) is 6.61 Å². The maximum Gasteiger partial charge on any atom is 0.240 e. The minimum Gasteiger partial charge on any atom is -0.384 e. The summed E-state index contributed by atoms with van der Waals surface area (Å²) in [5.74, 6) is 5.23. The number of nitrogens with one attached hydrogen (secondary N) is 1. The highest BCUT2D eigenvalue weighted by molar-refractivity contribution is 7.89. The van der Waals surface area contributed by atoms with Crippen molar-refractivity contribution < 1.29 is 18.3 Å². The highest BCUT2D eigenvalue weighted by atomic mass is 32.2. The molecule has 1 aliphatic rings. The van der Waals surface area contributed by atoms with E-state index in [0.717, 1.165) is 12.8 Å². The summed E-state index contributed by atoms with van der Waals surface area (Å²) in [6.07, 6.45) is 1.65. The van der Waals surface area contributed by atoms with Crippen LogP contribution < -0.4 is 4.72 Å². The van der Waals surface area contributed by atoms with Gasteiger partial charge in [-0.2, -0.15) is 0 Å². The lowest BCUT2D eigenvalue weighted by Gasteiger charge is -2.22. The Hall–Kier alpha value is -1.39. The third-order valence-corrected chi connectivity index (χ3v) is 4.49. The third-order valence-electron chi connectivity index (χ3n) is 2.96. The fourth-order valence-corrected chi connectivity index (χ4v) is 3.24. The van der Waals surface area contributed by atoms with Crippen LogP contribution in [0.4, 0.5) is 0 Å². The molecule has 108 valence electrons. The molecular formula is C14H17NO4S. The smallest absolute Gasteiger partial charge is 0.240 e. The van der Waals surface area contributed by atoms with Gasteiger partial charge in [-0.05, 0) is 37.1 Å². The van der Waals surface area contributed by atoms with Gasteiger partial charge in [-0.3, -0.25) is 0 Å². The number of ether oxygens (including phenoxy) is 1. The van der Waals surface area contributed by atoms with Crippen LogP contribution in [0.3, 0.4) is 0 Å². The van der Waals surface area contributed by atoms with Crippen LogP contribution in [0.2, 0.25) is 0 Å². The number of aliphatic hydroxyl groups excluding tert-OH is 1. The predicted octanol–water partition coefficient (Wildman–Crippen LogP) is 0.488. The summed E-state index contributed by atoms with van der Waals surface area (Å²) in [7, 11) is -3.52. The van der Waals surface area contributed by atoms with Crippen molar-refractivity contribution in [3.05, 3.63) is 29.8 Å². The SMILES string of the molecule is O=S(=O)(NC1CCCOC1)c1ccc(C#CCO)cc1. The maximum absolute atomic E-state index is 12.2. The van der Waals surface area contributed by atoms with Gasteiger partial charge in [0.15, 0.2) is 0 Å². The highest BCUT2D eigenvalue weighted by Gasteiger charge is 2.21. The highest BCUT2D eigenvalue weighted by Crippen LogP contribution is 2.13. The van der Waals surface area contributed by atoms with Crippen molar-refractivity contribution in [1.82, 2.24) is 4.72 Å². The Morgan fingerprint density at radius 1 is 1.35 bits per heavy atom. The molecule has 1 atom stereocenters. The average Bonchev–Trinajstić information content (AvgIpc) is 2.46. The molecule has 0 aromatic heterocycles. The minimum absolute atomic E-state index is 0.164. The summed E-state index contributed by atoms with van der Waals surface area (Å²) < 4.78 is 32.3. The standard InChI is InChI=1S/C14H17NO4S/c16-9-1-3-12-5-7-14(8-6-12)20(17,18)15-13-4-2-10-19-11-13/h5-8,13,15-16H,2,4,9-11H2. The van der Waals surface area contributed by atoms with E-state index in [4.69, 9.17) is 9.84 Å². The van der Waals surface area contributed by atoms with Crippen LogP contribution in [0.5, 0.6) is 0 Å². The van der Waals surface area contributed by atoms with Crippen molar-refractivity contribution in [2.24, 2.45) is 0 Å². The lowest BCUT2D eigenvalue weighted by atomic mass is 10.1. The Bertz CT molecular complexity index is 592. The van der Waals surface area contributed by atoms with E-state index in [1.54, 1.807) is 12.1 Å². The zero-order chi connectivity index (χ0) is 14.4. The second kappa shape index (κ2) is 6.86. The molecule has 0 bridgehead atoms. The van der Waals surface area contributed by atoms with Crippen LogP contribution in [0.1, 0.15) is 18.4 Å². The number of benzene rings is 1. The Kier molecular flexibility index (Phi) is 5.15. The first-order valence-electron chi connectivity index (χ1n) is 6.42. The Labute approximate surface area is 119 Å². The summed E-state index contributed by atoms with van der Waals surface area (Å²) in [4.78, 5) is 0.206.